The first-order valence-corrected chi connectivity index (χ1v) is 4.49. The van der Waals surface area contributed by atoms with Crippen molar-refractivity contribution in [2.45, 2.75) is 25.7 Å². The van der Waals surface area contributed by atoms with E-state index in [9.17, 15) is 9.18 Å². The minimum Gasteiger partial charge on any atom is -0.295 e. The van der Waals surface area contributed by atoms with Crippen LogP contribution in [0.4, 0.5) is 4.39 Å². The third-order valence-corrected chi connectivity index (χ3v) is 2.42. The van der Waals surface area contributed by atoms with Crippen molar-refractivity contribution in [1.82, 2.24) is 0 Å². The van der Waals surface area contributed by atoms with Crippen LogP contribution in [0, 0.1) is 5.82 Å². The molecule has 1 aliphatic carbocycles. The summed E-state index contributed by atoms with van der Waals surface area (Å²) in [6, 6.07) is 4.63. The molecule has 2 rings (SSSR count). The van der Waals surface area contributed by atoms with Crippen LogP contribution in [0.15, 0.2) is 18.2 Å². The van der Waals surface area contributed by atoms with Gasteiger partial charge in [0.2, 0.25) is 0 Å². The maximum atomic E-state index is 13.2. The van der Waals surface area contributed by atoms with Gasteiger partial charge < -0.3 is 0 Å². The van der Waals surface area contributed by atoms with Gasteiger partial charge in [-0.2, -0.15) is 0 Å². The van der Waals surface area contributed by atoms with Gasteiger partial charge in [0, 0.05) is 5.56 Å². The summed E-state index contributed by atoms with van der Waals surface area (Å²) in [5, 5.41) is 0. The number of halogens is 1. The highest BCUT2D eigenvalue weighted by molar-refractivity contribution is 5.94. The van der Waals surface area contributed by atoms with Crippen molar-refractivity contribution in [3.05, 3.63) is 35.1 Å². The Morgan fingerprint density at radius 1 is 1.46 bits per heavy atom. The molecule has 0 unspecified atom stereocenters. The third kappa shape index (κ3) is 1.62. The molecule has 0 radical (unpaired) electrons. The number of hydrogen-bond acceptors (Lipinski definition) is 1. The summed E-state index contributed by atoms with van der Waals surface area (Å²) >= 11 is 0. The highest BCUT2D eigenvalue weighted by Crippen LogP contribution is 2.41. The Hall–Kier alpha value is -1.18. The SMILES string of the molecule is CC(=O)c1ccc(F)c(C2CC2)c1. The summed E-state index contributed by atoms with van der Waals surface area (Å²) in [7, 11) is 0. The molecule has 0 saturated heterocycles. The van der Waals surface area contributed by atoms with Gasteiger partial charge in [-0.25, -0.2) is 4.39 Å². The summed E-state index contributed by atoms with van der Waals surface area (Å²) in [6.45, 7) is 1.50. The van der Waals surface area contributed by atoms with Crippen molar-refractivity contribution in [2.24, 2.45) is 0 Å². The number of benzene rings is 1. The molecule has 1 aromatic carbocycles. The highest BCUT2D eigenvalue weighted by Gasteiger charge is 2.26. The Labute approximate surface area is 76.6 Å². The van der Waals surface area contributed by atoms with E-state index in [0.29, 0.717) is 17.0 Å². The van der Waals surface area contributed by atoms with Crippen molar-refractivity contribution in [3.8, 4) is 0 Å². The molecule has 1 aromatic rings. The maximum Gasteiger partial charge on any atom is 0.159 e. The average molecular weight is 178 g/mol. The highest BCUT2D eigenvalue weighted by atomic mass is 19.1. The topological polar surface area (TPSA) is 17.1 Å². The molecule has 0 spiro atoms. The first kappa shape index (κ1) is 8.42. The summed E-state index contributed by atoms with van der Waals surface area (Å²) in [5.41, 5.74) is 1.33. The predicted octanol–water partition coefficient (Wildman–Crippen LogP) is 2.91. The van der Waals surface area contributed by atoms with E-state index in [4.69, 9.17) is 0 Å². The van der Waals surface area contributed by atoms with E-state index >= 15 is 0 Å². The largest absolute Gasteiger partial charge is 0.295 e. The molecule has 0 aliphatic heterocycles. The third-order valence-electron chi connectivity index (χ3n) is 2.42. The fourth-order valence-corrected chi connectivity index (χ4v) is 1.47. The Morgan fingerprint density at radius 2 is 2.15 bits per heavy atom. The second-order valence-corrected chi connectivity index (χ2v) is 3.57. The van der Waals surface area contributed by atoms with E-state index < -0.39 is 0 Å². The summed E-state index contributed by atoms with van der Waals surface area (Å²) < 4.78 is 13.2. The maximum absolute atomic E-state index is 13.2. The Balaban J connectivity index is 2.41. The Morgan fingerprint density at radius 3 is 2.69 bits per heavy atom. The number of carbonyl (C=O) groups excluding carboxylic acids is 1. The van der Waals surface area contributed by atoms with Gasteiger partial charge in [0.1, 0.15) is 5.82 Å². The molecule has 2 heteroatoms. The minimum absolute atomic E-state index is 0.00176. The molecule has 0 aromatic heterocycles. The van der Waals surface area contributed by atoms with Crippen LogP contribution in [0.1, 0.15) is 41.6 Å². The zero-order chi connectivity index (χ0) is 9.42. The van der Waals surface area contributed by atoms with Gasteiger partial charge in [-0.15, -0.1) is 0 Å². The monoisotopic (exact) mass is 178 g/mol. The predicted molar refractivity (Wildman–Crippen MR) is 48.4 cm³/mol. The zero-order valence-electron chi connectivity index (χ0n) is 7.51. The Bertz CT molecular complexity index is 353. The van der Waals surface area contributed by atoms with E-state index in [1.807, 2.05) is 0 Å². The summed E-state index contributed by atoms with van der Waals surface area (Å²) in [6.07, 6.45) is 2.11. The van der Waals surface area contributed by atoms with Crippen LogP contribution in [-0.2, 0) is 0 Å². The van der Waals surface area contributed by atoms with Gasteiger partial charge in [0.15, 0.2) is 5.78 Å². The lowest BCUT2D eigenvalue weighted by atomic mass is 10.0. The van der Waals surface area contributed by atoms with Gasteiger partial charge in [-0.05, 0) is 49.4 Å². The molecule has 0 bridgehead atoms. The fourth-order valence-electron chi connectivity index (χ4n) is 1.47. The molecule has 1 nitrogen and oxygen atoms in total. The van der Waals surface area contributed by atoms with E-state index in [-0.39, 0.29) is 11.6 Å². The van der Waals surface area contributed by atoms with Crippen molar-refractivity contribution >= 4 is 5.78 Å². The second kappa shape index (κ2) is 2.95. The Kier molecular flexibility index (Phi) is 1.91. The number of carbonyl (C=O) groups is 1. The van der Waals surface area contributed by atoms with Gasteiger partial charge in [-0.1, -0.05) is 0 Å². The fraction of sp³-hybridized carbons (Fsp3) is 0.364. The molecule has 0 heterocycles. The quantitative estimate of drug-likeness (QED) is 0.636. The van der Waals surface area contributed by atoms with Crippen molar-refractivity contribution in [2.75, 3.05) is 0 Å². The number of rotatable bonds is 2. The average Bonchev–Trinajstić information content (AvgIpc) is 2.87. The van der Waals surface area contributed by atoms with Crippen LogP contribution in [-0.4, -0.2) is 5.78 Å². The molecular weight excluding hydrogens is 167 g/mol. The van der Waals surface area contributed by atoms with Crippen LogP contribution >= 0.6 is 0 Å². The van der Waals surface area contributed by atoms with Crippen molar-refractivity contribution < 1.29 is 9.18 Å². The van der Waals surface area contributed by atoms with Gasteiger partial charge in [0.25, 0.3) is 0 Å². The van der Waals surface area contributed by atoms with E-state index in [1.54, 1.807) is 12.1 Å². The molecule has 0 N–H and O–H groups in total. The van der Waals surface area contributed by atoms with E-state index in [2.05, 4.69) is 0 Å². The molecule has 1 fully saturated rings. The van der Waals surface area contributed by atoms with E-state index in [1.165, 1.54) is 13.0 Å². The van der Waals surface area contributed by atoms with Gasteiger partial charge in [-0.3, -0.25) is 4.79 Å². The number of ketones is 1. The van der Waals surface area contributed by atoms with Gasteiger partial charge in [0.05, 0.1) is 0 Å². The lowest BCUT2D eigenvalue weighted by Crippen LogP contribution is -1.95. The minimum atomic E-state index is -0.174. The normalized spacial score (nSPS) is 15.8. The molecular formula is C11H11FO. The van der Waals surface area contributed by atoms with Crippen molar-refractivity contribution in [1.29, 1.82) is 0 Å². The molecule has 0 atom stereocenters. The molecule has 68 valence electrons. The number of hydrogen-bond donors (Lipinski definition) is 0. The zero-order valence-corrected chi connectivity index (χ0v) is 7.51. The van der Waals surface area contributed by atoms with Crippen LogP contribution < -0.4 is 0 Å². The van der Waals surface area contributed by atoms with Crippen LogP contribution in [0.25, 0.3) is 0 Å². The molecule has 1 saturated carbocycles. The second-order valence-electron chi connectivity index (χ2n) is 3.57. The standard InChI is InChI=1S/C11H11FO/c1-7(13)9-4-5-11(12)10(6-9)8-2-3-8/h4-6,8H,2-3H2,1H3. The van der Waals surface area contributed by atoms with Crippen molar-refractivity contribution in [3.63, 3.8) is 0 Å². The smallest absolute Gasteiger partial charge is 0.159 e. The molecule has 0 amide bonds. The summed E-state index contributed by atoms with van der Waals surface area (Å²) in [4.78, 5) is 11.0. The van der Waals surface area contributed by atoms with Crippen LogP contribution in [0.2, 0.25) is 0 Å². The van der Waals surface area contributed by atoms with E-state index in [0.717, 1.165) is 12.8 Å². The lowest BCUT2D eigenvalue weighted by Gasteiger charge is -2.02. The first-order chi connectivity index (χ1) is 6.18. The van der Waals surface area contributed by atoms with Crippen LogP contribution in [0.3, 0.4) is 0 Å². The number of Topliss-reactive ketones (excluding diaryl/α,β-unsaturated/α-hetero) is 1. The molecule has 13 heavy (non-hydrogen) atoms. The van der Waals surface area contributed by atoms with Crippen LogP contribution in [0.5, 0.6) is 0 Å². The van der Waals surface area contributed by atoms with Gasteiger partial charge >= 0.3 is 0 Å². The lowest BCUT2D eigenvalue weighted by molar-refractivity contribution is 0.101. The first-order valence-electron chi connectivity index (χ1n) is 4.49. The summed E-state index contributed by atoms with van der Waals surface area (Å²) in [5.74, 6) is 0.189. The molecule has 1 aliphatic rings.